The Morgan fingerprint density at radius 3 is 2.65 bits per heavy atom. The van der Waals surface area contributed by atoms with Gasteiger partial charge in [0.1, 0.15) is 4.90 Å². The minimum absolute atomic E-state index is 0.0703. The van der Waals surface area contributed by atoms with Crippen molar-refractivity contribution < 1.29 is 8.42 Å². The monoisotopic (exact) mass is 297 g/mol. The molecule has 1 aliphatic rings. The van der Waals surface area contributed by atoms with E-state index in [9.17, 15) is 8.42 Å². The van der Waals surface area contributed by atoms with Crippen LogP contribution < -0.4 is 16.2 Å². The summed E-state index contributed by atoms with van der Waals surface area (Å²) >= 11 is 0. The fourth-order valence-electron chi connectivity index (χ4n) is 2.86. The molecule has 2 rings (SSSR count). The highest BCUT2D eigenvalue weighted by Crippen LogP contribution is 2.30. The van der Waals surface area contributed by atoms with Gasteiger partial charge in [-0.15, -0.1) is 0 Å². The van der Waals surface area contributed by atoms with Gasteiger partial charge in [-0.05, 0) is 36.5 Å². The smallest absolute Gasteiger partial charge is 0.240 e. The van der Waals surface area contributed by atoms with E-state index in [0.717, 1.165) is 6.54 Å². The van der Waals surface area contributed by atoms with E-state index < -0.39 is 10.0 Å². The van der Waals surface area contributed by atoms with Crippen molar-refractivity contribution in [1.82, 2.24) is 0 Å². The molecule has 6 heteroatoms. The van der Waals surface area contributed by atoms with Crippen LogP contribution in [-0.2, 0) is 10.0 Å². The van der Waals surface area contributed by atoms with Gasteiger partial charge in [-0.1, -0.05) is 26.2 Å². The summed E-state index contributed by atoms with van der Waals surface area (Å²) in [6.07, 6.45) is 4.98. The van der Waals surface area contributed by atoms with E-state index in [4.69, 9.17) is 10.9 Å². The van der Waals surface area contributed by atoms with Crippen molar-refractivity contribution >= 4 is 21.4 Å². The molecule has 1 saturated carbocycles. The summed E-state index contributed by atoms with van der Waals surface area (Å²) in [5.74, 6) is 1.25. The molecule has 1 fully saturated rings. The number of nitrogen functional groups attached to an aromatic ring is 1. The highest BCUT2D eigenvalue weighted by molar-refractivity contribution is 7.89. The second kappa shape index (κ2) is 6.01. The van der Waals surface area contributed by atoms with Crippen molar-refractivity contribution in [2.24, 2.45) is 17.0 Å². The molecule has 0 spiro atoms. The summed E-state index contributed by atoms with van der Waals surface area (Å²) in [4.78, 5) is 0.0703. The zero-order chi connectivity index (χ0) is 14.8. The molecular formula is C14H23N3O2S. The third kappa shape index (κ3) is 3.64. The normalized spacial score (nSPS) is 23.5. The number of hydrogen-bond acceptors (Lipinski definition) is 4. The summed E-state index contributed by atoms with van der Waals surface area (Å²) in [7, 11) is -3.76. The highest BCUT2D eigenvalue weighted by Gasteiger charge is 2.22. The number of nitrogens with one attached hydrogen (secondary N) is 1. The van der Waals surface area contributed by atoms with E-state index in [-0.39, 0.29) is 4.90 Å². The molecular weight excluding hydrogens is 274 g/mol. The van der Waals surface area contributed by atoms with Gasteiger partial charge >= 0.3 is 0 Å². The fourth-order valence-corrected chi connectivity index (χ4v) is 3.60. The first-order chi connectivity index (χ1) is 9.38. The zero-order valence-electron chi connectivity index (χ0n) is 11.8. The Labute approximate surface area is 120 Å². The van der Waals surface area contributed by atoms with Crippen LogP contribution in [0.2, 0.25) is 0 Å². The standard InChI is InChI=1S/C14H23N3O2S/c1-10-4-2-3-5-11(10)9-17-13-7-6-12(15)8-14(13)20(16,18)19/h6-8,10-11,17H,2-5,9,15H2,1H3,(H2,16,18,19). The minimum atomic E-state index is -3.76. The quantitative estimate of drug-likeness (QED) is 0.742. The van der Waals surface area contributed by atoms with E-state index in [1.165, 1.54) is 31.7 Å². The molecule has 5 N–H and O–H groups in total. The first-order valence-corrected chi connectivity index (χ1v) is 8.59. The number of benzene rings is 1. The number of rotatable bonds is 4. The molecule has 0 radical (unpaired) electrons. The number of hydrogen-bond donors (Lipinski definition) is 3. The van der Waals surface area contributed by atoms with Gasteiger partial charge in [-0.2, -0.15) is 0 Å². The summed E-state index contributed by atoms with van der Waals surface area (Å²) < 4.78 is 23.2. The van der Waals surface area contributed by atoms with Crippen LogP contribution in [0.5, 0.6) is 0 Å². The Kier molecular flexibility index (Phi) is 4.55. The van der Waals surface area contributed by atoms with Gasteiger partial charge in [0, 0.05) is 12.2 Å². The average molecular weight is 297 g/mol. The van der Waals surface area contributed by atoms with Gasteiger partial charge in [-0.25, -0.2) is 13.6 Å². The molecule has 1 aromatic carbocycles. The molecule has 2 unspecified atom stereocenters. The second-order valence-electron chi connectivity index (χ2n) is 5.70. The maximum absolute atomic E-state index is 11.6. The van der Waals surface area contributed by atoms with Crippen molar-refractivity contribution in [3.8, 4) is 0 Å². The maximum atomic E-state index is 11.6. The largest absolute Gasteiger partial charge is 0.399 e. The molecule has 1 aromatic rings. The lowest BCUT2D eigenvalue weighted by molar-refractivity contribution is 0.268. The van der Waals surface area contributed by atoms with Gasteiger partial charge in [0.15, 0.2) is 0 Å². The summed E-state index contributed by atoms with van der Waals surface area (Å²) in [5, 5.41) is 8.47. The van der Waals surface area contributed by atoms with Crippen LogP contribution in [0.3, 0.4) is 0 Å². The van der Waals surface area contributed by atoms with Crippen molar-refractivity contribution in [2.45, 2.75) is 37.5 Å². The summed E-state index contributed by atoms with van der Waals surface area (Å²) in [6.45, 7) is 3.03. The molecule has 0 aromatic heterocycles. The maximum Gasteiger partial charge on any atom is 0.240 e. The molecule has 0 amide bonds. The summed E-state index contributed by atoms with van der Waals surface area (Å²) in [6, 6.07) is 4.77. The number of primary sulfonamides is 1. The average Bonchev–Trinajstić information content (AvgIpc) is 2.38. The predicted molar refractivity (Wildman–Crippen MR) is 81.8 cm³/mol. The highest BCUT2D eigenvalue weighted by atomic mass is 32.2. The van der Waals surface area contributed by atoms with Gasteiger partial charge < -0.3 is 11.1 Å². The van der Waals surface area contributed by atoms with Crippen LogP contribution in [0.25, 0.3) is 0 Å². The van der Waals surface area contributed by atoms with Crippen LogP contribution in [0.15, 0.2) is 23.1 Å². The molecule has 0 heterocycles. The van der Waals surface area contributed by atoms with Crippen molar-refractivity contribution in [3.63, 3.8) is 0 Å². The molecule has 5 nitrogen and oxygen atoms in total. The minimum Gasteiger partial charge on any atom is -0.399 e. The van der Waals surface area contributed by atoms with E-state index >= 15 is 0 Å². The third-order valence-corrected chi connectivity index (χ3v) is 5.11. The van der Waals surface area contributed by atoms with Gasteiger partial charge in [0.25, 0.3) is 0 Å². The SMILES string of the molecule is CC1CCCCC1CNc1ccc(N)cc1S(N)(=O)=O. The van der Waals surface area contributed by atoms with Gasteiger partial charge in [0.05, 0.1) is 5.69 Å². The lowest BCUT2D eigenvalue weighted by Gasteiger charge is -2.29. The molecule has 1 aliphatic carbocycles. The van der Waals surface area contributed by atoms with Crippen LogP contribution in [0.4, 0.5) is 11.4 Å². The molecule has 2 atom stereocenters. The Hall–Kier alpha value is -1.27. The first kappa shape index (κ1) is 15.1. The molecule has 0 bridgehead atoms. The lowest BCUT2D eigenvalue weighted by Crippen LogP contribution is -2.25. The molecule has 0 aliphatic heterocycles. The van der Waals surface area contributed by atoms with Crippen molar-refractivity contribution in [2.75, 3.05) is 17.6 Å². The fraction of sp³-hybridized carbons (Fsp3) is 0.571. The Morgan fingerprint density at radius 2 is 2.00 bits per heavy atom. The number of nitrogens with two attached hydrogens (primary N) is 2. The summed E-state index contributed by atoms with van der Waals surface area (Å²) in [5.41, 5.74) is 6.57. The Morgan fingerprint density at radius 1 is 1.30 bits per heavy atom. The number of sulfonamides is 1. The van der Waals surface area contributed by atoms with Crippen molar-refractivity contribution in [1.29, 1.82) is 0 Å². The predicted octanol–water partition coefficient (Wildman–Crippen LogP) is 2.15. The van der Waals surface area contributed by atoms with Crippen LogP contribution in [-0.4, -0.2) is 15.0 Å². The van der Waals surface area contributed by atoms with Crippen molar-refractivity contribution in [3.05, 3.63) is 18.2 Å². The van der Waals surface area contributed by atoms with Crippen LogP contribution >= 0.6 is 0 Å². The Balaban J connectivity index is 2.13. The van der Waals surface area contributed by atoms with E-state index in [0.29, 0.717) is 23.2 Å². The second-order valence-corrected chi connectivity index (χ2v) is 7.23. The molecule has 112 valence electrons. The Bertz CT molecular complexity index is 572. The van der Waals surface area contributed by atoms with Crippen LogP contribution in [0, 0.1) is 11.8 Å². The topological polar surface area (TPSA) is 98.2 Å². The van der Waals surface area contributed by atoms with Gasteiger partial charge in [-0.3, -0.25) is 0 Å². The number of anilines is 2. The van der Waals surface area contributed by atoms with E-state index in [1.54, 1.807) is 12.1 Å². The third-order valence-electron chi connectivity index (χ3n) is 4.16. The van der Waals surface area contributed by atoms with Gasteiger partial charge in [0.2, 0.25) is 10.0 Å². The molecule has 0 saturated heterocycles. The zero-order valence-corrected chi connectivity index (χ0v) is 12.6. The molecule has 20 heavy (non-hydrogen) atoms. The van der Waals surface area contributed by atoms with E-state index in [1.807, 2.05) is 0 Å². The first-order valence-electron chi connectivity index (χ1n) is 7.04. The van der Waals surface area contributed by atoms with Crippen LogP contribution in [0.1, 0.15) is 32.6 Å². The lowest BCUT2D eigenvalue weighted by atomic mass is 9.80. The van der Waals surface area contributed by atoms with E-state index in [2.05, 4.69) is 12.2 Å².